The van der Waals surface area contributed by atoms with Crippen molar-refractivity contribution >= 4 is 5.69 Å². The van der Waals surface area contributed by atoms with E-state index in [1.54, 1.807) is 6.07 Å². The number of anilines is 1. The minimum atomic E-state index is -0.300. The van der Waals surface area contributed by atoms with E-state index in [-0.39, 0.29) is 12.6 Å². The van der Waals surface area contributed by atoms with Gasteiger partial charge >= 0.3 is 0 Å². The van der Waals surface area contributed by atoms with Crippen molar-refractivity contribution in [2.24, 2.45) is 5.73 Å². The zero-order valence-electron chi connectivity index (χ0n) is 7.12. The molecule has 12 heavy (non-hydrogen) atoms. The van der Waals surface area contributed by atoms with E-state index in [2.05, 4.69) is 0 Å². The third kappa shape index (κ3) is 1.75. The molecule has 0 aliphatic rings. The summed E-state index contributed by atoms with van der Waals surface area (Å²) in [6, 6.07) is 5.19. The average molecular weight is 166 g/mol. The topological polar surface area (TPSA) is 72.3 Å². The molecule has 0 aliphatic heterocycles. The predicted molar refractivity (Wildman–Crippen MR) is 49.6 cm³/mol. The summed E-state index contributed by atoms with van der Waals surface area (Å²) in [4.78, 5) is 0. The fourth-order valence-corrected chi connectivity index (χ4v) is 1.21. The Bertz CT molecular complexity index is 273. The quantitative estimate of drug-likeness (QED) is 0.562. The van der Waals surface area contributed by atoms with Crippen LogP contribution in [0.5, 0.6) is 0 Å². The van der Waals surface area contributed by atoms with Crippen molar-refractivity contribution in [3.8, 4) is 0 Å². The summed E-state index contributed by atoms with van der Waals surface area (Å²) in [6.45, 7) is 1.89. The monoisotopic (exact) mass is 166 g/mol. The normalized spacial score (nSPS) is 12.9. The number of aryl methyl sites for hydroxylation is 1. The SMILES string of the molecule is Cc1cc(N)ccc1[C@@H](N)CO. The van der Waals surface area contributed by atoms with Crippen molar-refractivity contribution in [2.45, 2.75) is 13.0 Å². The van der Waals surface area contributed by atoms with Crippen LogP contribution in [0.2, 0.25) is 0 Å². The molecule has 0 spiro atoms. The minimum absolute atomic E-state index is 0.0369. The Hall–Kier alpha value is -1.06. The minimum Gasteiger partial charge on any atom is -0.399 e. The van der Waals surface area contributed by atoms with E-state index >= 15 is 0 Å². The zero-order valence-corrected chi connectivity index (χ0v) is 7.12. The highest BCUT2D eigenvalue weighted by molar-refractivity contribution is 5.45. The number of rotatable bonds is 2. The van der Waals surface area contributed by atoms with Crippen LogP contribution < -0.4 is 11.5 Å². The molecule has 0 saturated heterocycles. The van der Waals surface area contributed by atoms with Crippen molar-refractivity contribution in [3.63, 3.8) is 0 Å². The van der Waals surface area contributed by atoms with Crippen molar-refractivity contribution in [2.75, 3.05) is 12.3 Å². The fraction of sp³-hybridized carbons (Fsp3) is 0.333. The first-order chi connectivity index (χ1) is 5.65. The van der Waals surface area contributed by atoms with Crippen LogP contribution in [-0.4, -0.2) is 11.7 Å². The molecule has 0 aromatic heterocycles. The van der Waals surface area contributed by atoms with Gasteiger partial charge in [-0.25, -0.2) is 0 Å². The number of nitrogen functional groups attached to an aromatic ring is 1. The molecule has 5 N–H and O–H groups in total. The first-order valence-electron chi connectivity index (χ1n) is 3.87. The molecule has 1 atom stereocenters. The van der Waals surface area contributed by atoms with Gasteiger partial charge in [-0.2, -0.15) is 0 Å². The Morgan fingerprint density at radius 1 is 1.50 bits per heavy atom. The Morgan fingerprint density at radius 2 is 2.17 bits per heavy atom. The van der Waals surface area contributed by atoms with Crippen molar-refractivity contribution < 1.29 is 5.11 Å². The molecule has 0 radical (unpaired) electrons. The Balaban J connectivity index is 3.01. The smallest absolute Gasteiger partial charge is 0.0624 e. The maximum Gasteiger partial charge on any atom is 0.0624 e. The van der Waals surface area contributed by atoms with Gasteiger partial charge in [-0.1, -0.05) is 6.07 Å². The molecule has 1 rings (SSSR count). The lowest BCUT2D eigenvalue weighted by atomic mass is 10.0. The van der Waals surface area contributed by atoms with E-state index in [1.165, 1.54) is 0 Å². The third-order valence-electron chi connectivity index (χ3n) is 1.89. The van der Waals surface area contributed by atoms with E-state index in [1.807, 2.05) is 19.1 Å². The maximum absolute atomic E-state index is 8.83. The summed E-state index contributed by atoms with van der Waals surface area (Å²) >= 11 is 0. The molecule has 0 aliphatic carbocycles. The van der Waals surface area contributed by atoms with Gasteiger partial charge in [-0.05, 0) is 30.2 Å². The van der Waals surface area contributed by atoms with Crippen LogP contribution in [-0.2, 0) is 0 Å². The van der Waals surface area contributed by atoms with Gasteiger partial charge in [0, 0.05) is 5.69 Å². The number of aliphatic hydroxyl groups is 1. The highest BCUT2D eigenvalue weighted by atomic mass is 16.3. The van der Waals surface area contributed by atoms with Gasteiger partial charge in [-0.15, -0.1) is 0 Å². The largest absolute Gasteiger partial charge is 0.399 e. The number of aliphatic hydroxyl groups excluding tert-OH is 1. The third-order valence-corrected chi connectivity index (χ3v) is 1.89. The summed E-state index contributed by atoms with van der Waals surface area (Å²) in [7, 11) is 0. The van der Waals surface area contributed by atoms with E-state index in [4.69, 9.17) is 16.6 Å². The fourth-order valence-electron chi connectivity index (χ4n) is 1.21. The van der Waals surface area contributed by atoms with Gasteiger partial charge < -0.3 is 16.6 Å². The van der Waals surface area contributed by atoms with Gasteiger partial charge in [0.1, 0.15) is 0 Å². The molecule has 3 nitrogen and oxygen atoms in total. The first kappa shape index (κ1) is 9.03. The molecule has 66 valence electrons. The molecule has 0 bridgehead atoms. The number of nitrogens with two attached hydrogens (primary N) is 2. The van der Waals surface area contributed by atoms with Gasteiger partial charge in [0.2, 0.25) is 0 Å². The molecular weight excluding hydrogens is 152 g/mol. The summed E-state index contributed by atoms with van der Waals surface area (Å²) < 4.78 is 0. The molecule has 3 heteroatoms. The number of hydrogen-bond donors (Lipinski definition) is 3. The molecular formula is C9H14N2O. The van der Waals surface area contributed by atoms with E-state index in [0.29, 0.717) is 0 Å². The summed E-state index contributed by atoms with van der Waals surface area (Å²) in [5.74, 6) is 0. The van der Waals surface area contributed by atoms with Crippen LogP contribution in [0.4, 0.5) is 5.69 Å². The summed E-state index contributed by atoms with van der Waals surface area (Å²) in [6.07, 6.45) is 0. The number of hydrogen-bond acceptors (Lipinski definition) is 3. The summed E-state index contributed by atoms with van der Waals surface area (Å²) in [5.41, 5.74) is 13.9. The molecule has 1 aromatic rings. The van der Waals surface area contributed by atoms with E-state index in [9.17, 15) is 0 Å². The van der Waals surface area contributed by atoms with E-state index in [0.717, 1.165) is 16.8 Å². The van der Waals surface area contributed by atoms with Crippen LogP contribution in [0.25, 0.3) is 0 Å². The van der Waals surface area contributed by atoms with Crippen LogP contribution >= 0.6 is 0 Å². The highest BCUT2D eigenvalue weighted by Crippen LogP contribution is 2.17. The molecule has 0 saturated carbocycles. The average Bonchev–Trinajstić information content (AvgIpc) is 2.03. The Kier molecular flexibility index (Phi) is 2.68. The van der Waals surface area contributed by atoms with E-state index < -0.39 is 0 Å². The number of benzene rings is 1. The standard InChI is InChI=1S/C9H14N2O/c1-6-4-7(10)2-3-8(6)9(11)5-12/h2-4,9,12H,5,10-11H2,1H3/t9-/m0/s1. The van der Waals surface area contributed by atoms with Gasteiger partial charge in [0.15, 0.2) is 0 Å². The summed E-state index contributed by atoms with van der Waals surface area (Å²) in [5, 5.41) is 8.83. The molecule has 0 amide bonds. The van der Waals surface area contributed by atoms with Crippen molar-refractivity contribution in [1.82, 2.24) is 0 Å². The van der Waals surface area contributed by atoms with Gasteiger partial charge in [0.25, 0.3) is 0 Å². The molecule has 0 heterocycles. The van der Waals surface area contributed by atoms with Crippen LogP contribution in [0.1, 0.15) is 17.2 Å². The Labute approximate surface area is 72.0 Å². The predicted octanol–water partition coefficient (Wildman–Crippen LogP) is 0.569. The zero-order chi connectivity index (χ0) is 9.14. The second-order valence-electron chi connectivity index (χ2n) is 2.91. The lowest BCUT2D eigenvalue weighted by Gasteiger charge is -2.11. The van der Waals surface area contributed by atoms with Crippen LogP contribution in [0.3, 0.4) is 0 Å². The van der Waals surface area contributed by atoms with Gasteiger partial charge in [-0.3, -0.25) is 0 Å². The first-order valence-corrected chi connectivity index (χ1v) is 3.87. The molecule has 1 aromatic carbocycles. The lowest BCUT2D eigenvalue weighted by molar-refractivity contribution is 0.267. The van der Waals surface area contributed by atoms with Crippen molar-refractivity contribution in [1.29, 1.82) is 0 Å². The van der Waals surface area contributed by atoms with Gasteiger partial charge in [0.05, 0.1) is 12.6 Å². The lowest BCUT2D eigenvalue weighted by Crippen LogP contribution is -2.15. The second-order valence-corrected chi connectivity index (χ2v) is 2.91. The Morgan fingerprint density at radius 3 is 2.67 bits per heavy atom. The molecule has 0 fully saturated rings. The van der Waals surface area contributed by atoms with Crippen LogP contribution in [0, 0.1) is 6.92 Å². The maximum atomic E-state index is 8.83. The van der Waals surface area contributed by atoms with Crippen molar-refractivity contribution in [3.05, 3.63) is 29.3 Å². The highest BCUT2D eigenvalue weighted by Gasteiger charge is 2.06. The molecule has 0 unspecified atom stereocenters. The second kappa shape index (κ2) is 3.56. The van der Waals surface area contributed by atoms with Crippen LogP contribution in [0.15, 0.2) is 18.2 Å².